The maximum atomic E-state index is 13.2. The summed E-state index contributed by atoms with van der Waals surface area (Å²) in [4.78, 5) is 4.44. The van der Waals surface area contributed by atoms with Crippen molar-refractivity contribution in [3.8, 4) is 0 Å². The number of hydrogen-bond acceptors (Lipinski definition) is 3. The second-order valence-electron chi connectivity index (χ2n) is 4.84. The van der Waals surface area contributed by atoms with Gasteiger partial charge < -0.3 is 5.32 Å². The number of aromatic nitrogens is 1. The van der Waals surface area contributed by atoms with Crippen molar-refractivity contribution in [2.75, 3.05) is 5.32 Å². The van der Waals surface area contributed by atoms with Crippen LogP contribution in [0, 0.1) is 12.7 Å². The van der Waals surface area contributed by atoms with Crippen LogP contribution in [0.25, 0.3) is 10.2 Å². The van der Waals surface area contributed by atoms with E-state index in [1.54, 1.807) is 23.5 Å². The zero-order valence-corrected chi connectivity index (χ0v) is 12.2. The summed E-state index contributed by atoms with van der Waals surface area (Å²) >= 11 is 1.68. The molecule has 0 aliphatic carbocycles. The smallest absolute Gasteiger partial charge is 0.123 e. The van der Waals surface area contributed by atoms with Crippen LogP contribution in [-0.4, -0.2) is 4.98 Å². The number of rotatable bonds is 3. The van der Waals surface area contributed by atoms with Gasteiger partial charge >= 0.3 is 0 Å². The summed E-state index contributed by atoms with van der Waals surface area (Å²) in [6.45, 7) is 4.03. The summed E-state index contributed by atoms with van der Waals surface area (Å²) in [5.74, 6) is -0.204. The molecule has 0 saturated carbocycles. The molecule has 3 rings (SSSR count). The third kappa shape index (κ3) is 2.65. The normalized spacial score (nSPS) is 12.6. The number of anilines is 1. The zero-order chi connectivity index (χ0) is 14.1. The number of halogens is 1. The van der Waals surface area contributed by atoms with E-state index in [-0.39, 0.29) is 11.9 Å². The van der Waals surface area contributed by atoms with E-state index >= 15 is 0 Å². The molecule has 0 amide bonds. The molecule has 1 atom stereocenters. The fourth-order valence-electron chi connectivity index (χ4n) is 2.24. The predicted octanol–water partition coefficient (Wildman–Crippen LogP) is 4.92. The maximum absolute atomic E-state index is 13.2. The molecule has 1 N–H and O–H groups in total. The lowest BCUT2D eigenvalue weighted by Gasteiger charge is -2.15. The molecule has 1 heterocycles. The molecule has 20 heavy (non-hydrogen) atoms. The van der Waals surface area contributed by atoms with Crippen LogP contribution in [0.15, 0.2) is 42.5 Å². The average molecular weight is 286 g/mol. The van der Waals surface area contributed by atoms with Crippen LogP contribution in [0.3, 0.4) is 0 Å². The van der Waals surface area contributed by atoms with Crippen LogP contribution in [0.1, 0.15) is 23.5 Å². The molecular formula is C16H15FN2S. The van der Waals surface area contributed by atoms with Crippen molar-refractivity contribution in [2.45, 2.75) is 19.9 Å². The Kier molecular flexibility index (Phi) is 3.40. The van der Waals surface area contributed by atoms with Gasteiger partial charge in [-0.15, -0.1) is 11.3 Å². The molecule has 0 aliphatic rings. The average Bonchev–Trinajstić information content (AvgIpc) is 2.78. The highest BCUT2D eigenvalue weighted by molar-refractivity contribution is 7.18. The highest BCUT2D eigenvalue weighted by Gasteiger charge is 2.07. The van der Waals surface area contributed by atoms with Gasteiger partial charge in [0.1, 0.15) is 5.82 Å². The van der Waals surface area contributed by atoms with E-state index in [1.165, 1.54) is 10.8 Å². The van der Waals surface area contributed by atoms with Gasteiger partial charge in [0, 0.05) is 11.7 Å². The van der Waals surface area contributed by atoms with Crippen molar-refractivity contribution in [3.05, 3.63) is 58.9 Å². The van der Waals surface area contributed by atoms with Crippen LogP contribution in [-0.2, 0) is 0 Å². The Morgan fingerprint density at radius 3 is 2.85 bits per heavy atom. The van der Waals surface area contributed by atoms with E-state index in [0.29, 0.717) is 0 Å². The zero-order valence-electron chi connectivity index (χ0n) is 11.4. The lowest BCUT2D eigenvalue weighted by atomic mass is 10.1. The molecule has 2 aromatic carbocycles. The third-order valence-electron chi connectivity index (χ3n) is 3.23. The quantitative estimate of drug-likeness (QED) is 0.739. The van der Waals surface area contributed by atoms with E-state index in [0.717, 1.165) is 21.8 Å². The number of fused-ring (bicyclic) bond motifs is 1. The van der Waals surface area contributed by atoms with E-state index in [9.17, 15) is 4.39 Å². The lowest BCUT2D eigenvalue weighted by molar-refractivity contribution is 0.623. The summed E-state index contributed by atoms with van der Waals surface area (Å²) < 4.78 is 14.4. The molecule has 1 aromatic heterocycles. The molecule has 4 heteroatoms. The summed E-state index contributed by atoms with van der Waals surface area (Å²) in [5.41, 5.74) is 2.99. The number of aryl methyl sites for hydroxylation is 1. The molecule has 1 unspecified atom stereocenters. The minimum atomic E-state index is -0.204. The van der Waals surface area contributed by atoms with Gasteiger partial charge in [0.15, 0.2) is 0 Å². The van der Waals surface area contributed by atoms with Gasteiger partial charge in [-0.05, 0) is 49.7 Å². The summed E-state index contributed by atoms with van der Waals surface area (Å²) in [6.07, 6.45) is 0. The van der Waals surface area contributed by atoms with E-state index < -0.39 is 0 Å². The minimum absolute atomic E-state index is 0.0529. The largest absolute Gasteiger partial charge is 0.378 e. The number of thiazole rings is 1. The van der Waals surface area contributed by atoms with E-state index in [4.69, 9.17) is 0 Å². The fraction of sp³-hybridized carbons (Fsp3) is 0.188. The summed E-state index contributed by atoms with van der Waals surface area (Å²) in [5, 5.41) is 4.46. The Balaban J connectivity index is 1.85. The van der Waals surface area contributed by atoms with Crippen LogP contribution in [0.2, 0.25) is 0 Å². The van der Waals surface area contributed by atoms with Crippen LogP contribution < -0.4 is 5.32 Å². The van der Waals surface area contributed by atoms with Crippen molar-refractivity contribution < 1.29 is 4.39 Å². The maximum Gasteiger partial charge on any atom is 0.123 e. The minimum Gasteiger partial charge on any atom is -0.378 e. The second kappa shape index (κ2) is 5.21. The molecule has 0 saturated heterocycles. The van der Waals surface area contributed by atoms with Crippen molar-refractivity contribution in [1.29, 1.82) is 0 Å². The summed E-state index contributed by atoms with van der Waals surface area (Å²) in [6, 6.07) is 12.9. The Bertz CT molecular complexity index is 751. The summed E-state index contributed by atoms with van der Waals surface area (Å²) in [7, 11) is 0. The second-order valence-corrected chi connectivity index (χ2v) is 6.07. The van der Waals surface area contributed by atoms with E-state index in [2.05, 4.69) is 16.4 Å². The highest BCUT2D eigenvalue weighted by Crippen LogP contribution is 2.27. The number of benzene rings is 2. The van der Waals surface area contributed by atoms with Gasteiger partial charge in [-0.2, -0.15) is 0 Å². The molecule has 0 radical (unpaired) electrons. The standard InChI is InChI=1S/C16H15FN2S/c1-10(12-4-3-5-13(17)8-12)18-14-6-7-15-16(9-14)20-11(2)19-15/h3-10,18H,1-2H3. The molecule has 2 nitrogen and oxygen atoms in total. The van der Waals surface area contributed by atoms with E-state index in [1.807, 2.05) is 32.0 Å². The Hall–Kier alpha value is -1.94. The molecular weight excluding hydrogens is 271 g/mol. The SMILES string of the molecule is Cc1nc2ccc(NC(C)c3cccc(F)c3)cc2s1. The van der Waals surface area contributed by atoms with Crippen molar-refractivity contribution in [2.24, 2.45) is 0 Å². The van der Waals surface area contributed by atoms with Crippen molar-refractivity contribution in [1.82, 2.24) is 4.98 Å². The molecule has 0 fully saturated rings. The van der Waals surface area contributed by atoms with Gasteiger partial charge in [-0.3, -0.25) is 0 Å². The van der Waals surface area contributed by atoms with Crippen molar-refractivity contribution in [3.63, 3.8) is 0 Å². The van der Waals surface area contributed by atoms with Crippen LogP contribution in [0.4, 0.5) is 10.1 Å². The molecule has 102 valence electrons. The fourth-order valence-corrected chi connectivity index (χ4v) is 3.11. The van der Waals surface area contributed by atoms with Crippen LogP contribution >= 0.6 is 11.3 Å². The molecule has 3 aromatic rings. The topological polar surface area (TPSA) is 24.9 Å². The number of nitrogens with zero attached hydrogens (tertiary/aromatic N) is 1. The first-order chi connectivity index (χ1) is 9.61. The first-order valence-electron chi connectivity index (χ1n) is 6.51. The molecule has 0 spiro atoms. The molecule has 0 bridgehead atoms. The first kappa shape index (κ1) is 13.1. The number of nitrogens with one attached hydrogen (secondary N) is 1. The predicted molar refractivity (Wildman–Crippen MR) is 82.8 cm³/mol. The Morgan fingerprint density at radius 1 is 1.20 bits per heavy atom. The van der Waals surface area contributed by atoms with Gasteiger partial charge in [-0.1, -0.05) is 12.1 Å². The monoisotopic (exact) mass is 286 g/mol. The van der Waals surface area contributed by atoms with Gasteiger partial charge in [0.25, 0.3) is 0 Å². The van der Waals surface area contributed by atoms with Gasteiger partial charge in [-0.25, -0.2) is 9.37 Å². The first-order valence-corrected chi connectivity index (χ1v) is 7.33. The van der Waals surface area contributed by atoms with Gasteiger partial charge in [0.05, 0.1) is 15.2 Å². The van der Waals surface area contributed by atoms with Crippen LogP contribution in [0.5, 0.6) is 0 Å². The third-order valence-corrected chi connectivity index (χ3v) is 4.16. The Morgan fingerprint density at radius 2 is 2.05 bits per heavy atom. The van der Waals surface area contributed by atoms with Crippen molar-refractivity contribution >= 4 is 27.2 Å². The Labute approximate surface area is 121 Å². The number of hydrogen-bond donors (Lipinski definition) is 1. The molecule has 0 aliphatic heterocycles. The van der Waals surface area contributed by atoms with Gasteiger partial charge in [0.2, 0.25) is 0 Å². The lowest BCUT2D eigenvalue weighted by Crippen LogP contribution is -2.06. The highest BCUT2D eigenvalue weighted by atomic mass is 32.1.